The summed E-state index contributed by atoms with van der Waals surface area (Å²) in [6.07, 6.45) is 1.24. The first-order valence-corrected chi connectivity index (χ1v) is 7.79. The van der Waals surface area contributed by atoms with Gasteiger partial charge in [0, 0.05) is 11.1 Å². The monoisotopic (exact) mass is 349 g/mol. The lowest BCUT2D eigenvalue weighted by Gasteiger charge is -2.12. The number of amides is 1. The third kappa shape index (κ3) is 3.67. The molecule has 0 atom stereocenters. The lowest BCUT2D eigenvalue weighted by Crippen LogP contribution is -2.30. The van der Waals surface area contributed by atoms with Gasteiger partial charge in [0.15, 0.2) is 0 Å². The minimum atomic E-state index is -1.18. The molecule has 26 heavy (non-hydrogen) atoms. The van der Waals surface area contributed by atoms with Crippen LogP contribution in [0.1, 0.15) is 10.4 Å². The molecular weight excluding hydrogens is 334 g/mol. The van der Waals surface area contributed by atoms with Crippen molar-refractivity contribution in [1.82, 2.24) is 9.55 Å². The molecule has 0 bridgehead atoms. The predicted molar refractivity (Wildman–Crippen MR) is 96.0 cm³/mol. The zero-order valence-corrected chi connectivity index (χ0v) is 13.6. The highest BCUT2D eigenvalue weighted by molar-refractivity contribution is 6.04. The van der Waals surface area contributed by atoms with Crippen molar-refractivity contribution in [2.75, 3.05) is 5.32 Å². The molecule has 0 saturated heterocycles. The molecule has 1 heterocycles. The topological polar surface area (TPSA) is 101 Å². The molecule has 0 radical (unpaired) electrons. The molecule has 0 unspecified atom stereocenters. The number of anilines is 1. The van der Waals surface area contributed by atoms with Crippen LogP contribution in [0.3, 0.4) is 0 Å². The fourth-order valence-corrected chi connectivity index (χ4v) is 2.46. The van der Waals surface area contributed by atoms with Crippen LogP contribution in [0.4, 0.5) is 5.69 Å². The maximum atomic E-state index is 12.7. The highest BCUT2D eigenvalue weighted by Crippen LogP contribution is 2.16. The fourth-order valence-electron chi connectivity index (χ4n) is 2.46. The van der Waals surface area contributed by atoms with Gasteiger partial charge in [-0.3, -0.25) is 19.0 Å². The molecule has 7 heteroatoms. The van der Waals surface area contributed by atoms with E-state index < -0.39 is 24.0 Å². The Hall–Kier alpha value is -3.74. The molecule has 2 aromatic carbocycles. The van der Waals surface area contributed by atoms with Crippen molar-refractivity contribution in [1.29, 1.82) is 0 Å². The number of rotatable bonds is 5. The highest BCUT2D eigenvalue weighted by Gasteiger charge is 2.16. The van der Waals surface area contributed by atoms with Gasteiger partial charge in [-0.05, 0) is 12.1 Å². The number of carbonyl (C=O) groups excluding carboxylic acids is 1. The van der Waals surface area contributed by atoms with Crippen molar-refractivity contribution >= 4 is 17.6 Å². The van der Waals surface area contributed by atoms with Gasteiger partial charge in [0.25, 0.3) is 11.5 Å². The summed E-state index contributed by atoms with van der Waals surface area (Å²) >= 11 is 0. The fraction of sp³-hybridized carbons (Fsp3) is 0.0526. The minimum absolute atomic E-state index is 0.0835. The summed E-state index contributed by atoms with van der Waals surface area (Å²) in [6.45, 7) is -0.564. The Morgan fingerprint density at radius 3 is 2.23 bits per heavy atom. The molecule has 3 aromatic rings. The Bertz CT molecular complexity index is 998. The van der Waals surface area contributed by atoms with Crippen molar-refractivity contribution in [2.24, 2.45) is 0 Å². The van der Waals surface area contributed by atoms with Crippen LogP contribution in [-0.2, 0) is 11.3 Å². The number of benzene rings is 2. The first-order chi connectivity index (χ1) is 12.6. The molecule has 0 saturated carbocycles. The van der Waals surface area contributed by atoms with Gasteiger partial charge in [-0.1, -0.05) is 48.5 Å². The maximum absolute atomic E-state index is 12.7. The van der Waals surface area contributed by atoms with Crippen LogP contribution in [0.15, 0.2) is 71.7 Å². The van der Waals surface area contributed by atoms with Crippen LogP contribution >= 0.6 is 0 Å². The van der Waals surface area contributed by atoms with E-state index >= 15 is 0 Å². The zero-order valence-electron chi connectivity index (χ0n) is 13.6. The number of hydrogen-bond acceptors (Lipinski definition) is 4. The summed E-state index contributed by atoms with van der Waals surface area (Å²) in [5.41, 5.74) is 0.265. The summed E-state index contributed by atoms with van der Waals surface area (Å²) in [7, 11) is 0. The van der Waals surface area contributed by atoms with E-state index in [1.165, 1.54) is 6.20 Å². The lowest BCUT2D eigenvalue weighted by atomic mass is 10.2. The third-order valence-corrected chi connectivity index (χ3v) is 3.66. The normalized spacial score (nSPS) is 10.3. The number of aliphatic carboxylic acids is 1. The second-order valence-corrected chi connectivity index (χ2v) is 5.47. The Kier molecular flexibility index (Phi) is 4.89. The van der Waals surface area contributed by atoms with Crippen molar-refractivity contribution in [3.8, 4) is 11.4 Å². The molecule has 7 nitrogen and oxygen atoms in total. The van der Waals surface area contributed by atoms with E-state index in [0.29, 0.717) is 11.1 Å². The number of carboxylic acids is 1. The molecule has 0 spiro atoms. The quantitative estimate of drug-likeness (QED) is 0.736. The zero-order chi connectivity index (χ0) is 18.5. The van der Waals surface area contributed by atoms with Gasteiger partial charge in [0.05, 0.1) is 6.20 Å². The van der Waals surface area contributed by atoms with Crippen LogP contribution in [0.5, 0.6) is 0 Å². The Morgan fingerprint density at radius 2 is 1.62 bits per heavy atom. The van der Waals surface area contributed by atoms with Gasteiger partial charge in [-0.15, -0.1) is 0 Å². The molecular formula is C19H15N3O4. The van der Waals surface area contributed by atoms with E-state index in [2.05, 4.69) is 10.3 Å². The third-order valence-electron chi connectivity index (χ3n) is 3.66. The lowest BCUT2D eigenvalue weighted by molar-refractivity contribution is -0.137. The number of aromatic nitrogens is 2. The largest absolute Gasteiger partial charge is 0.480 e. The number of hydrogen-bond donors (Lipinski definition) is 2. The first kappa shape index (κ1) is 17.1. The van der Waals surface area contributed by atoms with Gasteiger partial charge in [0.2, 0.25) is 0 Å². The average molecular weight is 349 g/mol. The summed E-state index contributed by atoms with van der Waals surface area (Å²) in [5.74, 6) is -1.44. The smallest absolute Gasteiger partial charge is 0.323 e. The molecule has 0 aliphatic rings. The van der Waals surface area contributed by atoms with Crippen LogP contribution in [-0.4, -0.2) is 26.5 Å². The number of nitrogens with one attached hydrogen (secondary N) is 1. The summed E-state index contributed by atoms with van der Waals surface area (Å²) in [6, 6.07) is 17.2. The molecule has 0 aliphatic heterocycles. The van der Waals surface area contributed by atoms with Crippen LogP contribution in [0.2, 0.25) is 0 Å². The molecule has 0 aliphatic carbocycles. The van der Waals surface area contributed by atoms with E-state index in [1.807, 2.05) is 0 Å². The van der Waals surface area contributed by atoms with Crippen LogP contribution in [0.25, 0.3) is 11.4 Å². The van der Waals surface area contributed by atoms with Gasteiger partial charge in [-0.25, -0.2) is 4.98 Å². The number of carbonyl (C=O) groups is 2. The van der Waals surface area contributed by atoms with Gasteiger partial charge in [0.1, 0.15) is 18.1 Å². The van der Waals surface area contributed by atoms with Crippen molar-refractivity contribution in [2.45, 2.75) is 6.54 Å². The van der Waals surface area contributed by atoms with E-state index in [4.69, 9.17) is 5.11 Å². The Labute approximate surface area is 148 Å². The van der Waals surface area contributed by atoms with Gasteiger partial charge >= 0.3 is 5.97 Å². The Balaban J connectivity index is 2.02. The number of carboxylic acid groups (broad SMARTS) is 1. The van der Waals surface area contributed by atoms with Gasteiger partial charge in [-0.2, -0.15) is 0 Å². The van der Waals surface area contributed by atoms with Crippen LogP contribution < -0.4 is 10.9 Å². The van der Waals surface area contributed by atoms with E-state index in [9.17, 15) is 14.4 Å². The molecule has 130 valence electrons. The van der Waals surface area contributed by atoms with Crippen molar-refractivity contribution in [3.05, 3.63) is 82.8 Å². The maximum Gasteiger partial charge on any atom is 0.323 e. The minimum Gasteiger partial charge on any atom is -0.480 e. The average Bonchev–Trinajstić information content (AvgIpc) is 2.66. The molecule has 0 fully saturated rings. The second-order valence-electron chi connectivity index (χ2n) is 5.47. The summed E-state index contributed by atoms with van der Waals surface area (Å²) in [5, 5.41) is 11.6. The molecule has 2 N–H and O–H groups in total. The van der Waals surface area contributed by atoms with E-state index in [0.717, 1.165) is 4.57 Å². The summed E-state index contributed by atoms with van der Waals surface area (Å²) in [4.78, 5) is 40.3. The summed E-state index contributed by atoms with van der Waals surface area (Å²) < 4.78 is 1.03. The highest BCUT2D eigenvalue weighted by atomic mass is 16.4. The van der Waals surface area contributed by atoms with E-state index in [-0.39, 0.29) is 11.5 Å². The number of nitrogens with zero attached hydrogens (tertiary/aromatic N) is 2. The van der Waals surface area contributed by atoms with Crippen LogP contribution in [0, 0.1) is 0 Å². The predicted octanol–water partition coefficient (Wildman–Crippen LogP) is 2.25. The van der Waals surface area contributed by atoms with Crippen molar-refractivity contribution in [3.63, 3.8) is 0 Å². The second kappa shape index (κ2) is 7.43. The van der Waals surface area contributed by atoms with Crippen molar-refractivity contribution < 1.29 is 14.7 Å². The Morgan fingerprint density at radius 1 is 1.00 bits per heavy atom. The SMILES string of the molecule is O=C(O)Cn1c(-c2ccccc2)ncc(NC(=O)c2ccccc2)c1=O. The molecule has 1 aromatic heterocycles. The molecule has 1 amide bonds. The van der Waals surface area contributed by atoms with Gasteiger partial charge < -0.3 is 10.4 Å². The molecule has 3 rings (SSSR count). The van der Waals surface area contributed by atoms with E-state index in [1.54, 1.807) is 60.7 Å². The standard InChI is InChI=1S/C19H15N3O4/c23-16(24)12-22-17(13-7-3-1-4-8-13)20-11-15(19(22)26)21-18(25)14-9-5-2-6-10-14/h1-11H,12H2,(H,21,25)(H,23,24). The first-order valence-electron chi connectivity index (χ1n) is 7.79.